The Morgan fingerprint density at radius 2 is 1.52 bits per heavy atom. The van der Waals surface area contributed by atoms with Crippen molar-refractivity contribution in [3.05, 3.63) is 70.8 Å². The normalized spacial score (nSPS) is 10.5. The molecule has 21 heavy (non-hydrogen) atoms. The summed E-state index contributed by atoms with van der Waals surface area (Å²) >= 11 is 0. The highest BCUT2D eigenvalue weighted by Crippen LogP contribution is 2.06. The van der Waals surface area contributed by atoms with Crippen LogP contribution >= 0.6 is 0 Å². The Labute approximate surface area is 125 Å². The summed E-state index contributed by atoms with van der Waals surface area (Å²) in [6.45, 7) is 3.82. The van der Waals surface area contributed by atoms with Crippen molar-refractivity contribution in [3.63, 3.8) is 0 Å². The molecule has 2 aromatic rings. The zero-order valence-corrected chi connectivity index (χ0v) is 12.3. The van der Waals surface area contributed by atoms with Crippen molar-refractivity contribution in [1.82, 2.24) is 5.32 Å². The van der Waals surface area contributed by atoms with Gasteiger partial charge < -0.3 is 10.4 Å². The van der Waals surface area contributed by atoms with Crippen molar-refractivity contribution in [3.8, 4) is 0 Å². The number of carbonyl (C=O) groups is 1. The first-order valence-electron chi connectivity index (χ1n) is 7.30. The topological polar surface area (TPSA) is 49.3 Å². The summed E-state index contributed by atoms with van der Waals surface area (Å²) in [6.07, 6.45) is 2.07. The number of rotatable bonds is 7. The van der Waals surface area contributed by atoms with Crippen LogP contribution in [0.1, 0.15) is 34.0 Å². The Kier molecular flexibility index (Phi) is 5.52. The van der Waals surface area contributed by atoms with Crippen LogP contribution in [-0.4, -0.2) is 17.6 Å². The number of carboxylic acid groups (broad SMARTS) is 1. The van der Waals surface area contributed by atoms with Gasteiger partial charge in [0.25, 0.3) is 0 Å². The minimum absolute atomic E-state index is 0.328. The Balaban J connectivity index is 1.74. The number of aromatic carboxylic acids is 1. The molecular weight excluding hydrogens is 262 g/mol. The van der Waals surface area contributed by atoms with Crippen LogP contribution in [0, 0.1) is 0 Å². The molecule has 0 fully saturated rings. The molecule has 3 heteroatoms. The number of benzene rings is 2. The molecule has 2 N–H and O–H groups in total. The Morgan fingerprint density at radius 1 is 0.952 bits per heavy atom. The SMILES string of the molecule is CCc1ccc(CCNCc2ccc(C(=O)O)cc2)cc1. The highest BCUT2D eigenvalue weighted by Gasteiger charge is 2.01. The summed E-state index contributed by atoms with van der Waals surface area (Å²) in [5.41, 5.74) is 4.13. The van der Waals surface area contributed by atoms with E-state index in [4.69, 9.17) is 5.11 Å². The molecule has 0 amide bonds. The predicted octanol–water partition coefficient (Wildman–Crippen LogP) is 3.28. The molecule has 0 bridgehead atoms. The van der Waals surface area contributed by atoms with E-state index in [1.165, 1.54) is 11.1 Å². The van der Waals surface area contributed by atoms with Gasteiger partial charge in [0.15, 0.2) is 0 Å². The smallest absolute Gasteiger partial charge is 0.335 e. The molecule has 0 spiro atoms. The van der Waals surface area contributed by atoms with Gasteiger partial charge in [-0.25, -0.2) is 4.79 Å². The summed E-state index contributed by atoms with van der Waals surface area (Å²) in [5, 5.41) is 12.2. The number of carboxylic acids is 1. The highest BCUT2D eigenvalue weighted by molar-refractivity contribution is 5.87. The van der Waals surface area contributed by atoms with E-state index >= 15 is 0 Å². The maximum absolute atomic E-state index is 10.8. The zero-order valence-electron chi connectivity index (χ0n) is 12.3. The number of hydrogen-bond acceptors (Lipinski definition) is 2. The van der Waals surface area contributed by atoms with Crippen LogP contribution in [0.25, 0.3) is 0 Å². The maximum atomic E-state index is 10.8. The lowest BCUT2D eigenvalue weighted by Crippen LogP contribution is -2.16. The summed E-state index contributed by atoms with van der Waals surface area (Å²) in [5.74, 6) is -0.884. The first-order chi connectivity index (χ1) is 10.2. The van der Waals surface area contributed by atoms with Gasteiger partial charge in [0.2, 0.25) is 0 Å². The summed E-state index contributed by atoms with van der Waals surface area (Å²) in [6, 6.07) is 15.7. The van der Waals surface area contributed by atoms with E-state index in [1.807, 2.05) is 12.1 Å². The quantitative estimate of drug-likeness (QED) is 0.767. The van der Waals surface area contributed by atoms with Crippen LogP contribution in [-0.2, 0) is 19.4 Å². The maximum Gasteiger partial charge on any atom is 0.335 e. The van der Waals surface area contributed by atoms with Crippen molar-refractivity contribution in [2.75, 3.05) is 6.54 Å². The van der Waals surface area contributed by atoms with Gasteiger partial charge >= 0.3 is 5.97 Å². The van der Waals surface area contributed by atoms with Gasteiger partial charge in [-0.1, -0.05) is 43.3 Å². The van der Waals surface area contributed by atoms with E-state index < -0.39 is 5.97 Å². The second-order valence-electron chi connectivity index (χ2n) is 5.10. The van der Waals surface area contributed by atoms with Crippen molar-refractivity contribution >= 4 is 5.97 Å². The fraction of sp³-hybridized carbons (Fsp3) is 0.278. The number of nitrogens with one attached hydrogen (secondary N) is 1. The lowest BCUT2D eigenvalue weighted by Gasteiger charge is -2.06. The molecule has 0 atom stereocenters. The molecule has 0 aliphatic rings. The van der Waals surface area contributed by atoms with E-state index in [2.05, 4.69) is 36.5 Å². The van der Waals surface area contributed by atoms with Crippen LogP contribution in [0.3, 0.4) is 0 Å². The standard InChI is InChI=1S/C18H21NO2/c1-2-14-3-5-15(6-4-14)11-12-19-13-16-7-9-17(10-8-16)18(20)21/h3-10,19H,2,11-13H2,1H3,(H,20,21). The van der Waals surface area contributed by atoms with Gasteiger partial charge in [0.1, 0.15) is 0 Å². The van der Waals surface area contributed by atoms with Gasteiger partial charge in [-0.05, 0) is 48.2 Å². The first kappa shape index (κ1) is 15.3. The summed E-state index contributed by atoms with van der Waals surface area (Å²) in [4.78, 5) is 10.8. The molecule has 0 saturated heterocycles. The van der Waals surface area contributed by atoms with Gasteiger partial charge in [-0.15, -0.1) is 0 Å². The zero-order chi connectivity index (χ0) is 15.1. The number of aryl methyl sites for hydroxylation is 1. The molecule has 0 aliphatic carbocycles. The van der Waals surface area contributed by atoms with Crippen molar-refractivity contribution in [2.45, 2.75) is 26.3 Å². The Hall–Kier alpha value is -2.13. The van der Waals surface area contributed by atoms with E-state index in [0.29, 0.717) is 5.56 Å². The molecule has 0 aromatic heterocycles. The Morgan fingerprint density at radius 3 is 2.10 bits per heavy atom. The van der Waals surface area contributed by atoms with E-state index in [1.54, 1.807) is 12.1 Å². The largest absolute Gasteiger partial charge is 0.478 e. The van der Waals surface area contributed by atoms with Gasteiger partial charge in [-0.2, -0.15) is 0 Å². The van der Waals surface area contributed by atoms with E-state index in [-0.39, 0.29) is 0 Å². The Bertz CT molecular complexity index is 573. The third kappa shape index (κ3) is 4.72. The third-order valence-corrected chi connectivity index (χ3v) is 3.55. The molecule has 110 valence electrons. The van der Waals surface area contributed by atoms with Crippen LogP contribution < -0.4 is 5.32 Å². The molecule has 2 aromatic carbocycles. The lowest BCUT2D eigenvalue weighted by molar-refractivity contribution is 0.0697. The molecule has 0 unspecified atom stereocenters. The fourth-order valence-electron chi connectivity index (χ4n) is 2.17. The predicted molar refractivity (Wildman–Crippen MR) is 84.6 cm³/mol. The average Bonchev–Trinajstić information content (AvgIpc) is 2.52. The monoisotopic (exact) mass is 283 g/mol. The second-order valence-corrected chi connectivity index (χ2v) is 5.10. The summed E-state index contributed by atoms with van der Waals surface area (Å²) in [7, 11) is 0. The fourth-order valence-corrected chi connectivity index (χ4v) is 2.17. The van der Waals surface area contributed by atoms with Crippen molar-refractivity contribution in [1.29, 1.82) is 0 Å². The molecule has 0 radical (unpaired) electrons. The van der Waals surface area contributed by atoms with Crippen LogP contribution in [0.2, 0.25) is 0 Å². The van der Waals surface area contributed by atoms with E-state index in [9.17, 15) is 4.79 Å². The number of hydrogen-bond donors (Lipinski definition) is 2. The van der Waals surface area contributed by atoms with Gasteiger partial charge in [0.05, 0.1) is 5.56 Å². The van der Waals surface area contributed by atoms with Gasteiger partial charge in [0, 0.05) is 6.54 Å². The van der Waals surface area contributed by atoms with E-state index in [0.717, 1.165) is 31.5 Å². The van der Waals surface area contributed by atoms with Gasteiger partial charge in [-0.3, -0.25) is 0 Å². The van der Waals surface area contributed by atoms with Crippen LogP contribution in [0.15, 0.2) is 48.5 Å². The lowest BCUT2D eigenvalue weighted by atomic mass is 10.1. The van der Waals surface area contributed by atoms with Crippen molar-refractivity contribution in [2.24, 2.45) is 0 Å². The summed E-state index contributed by atoms with van der Waals surface area (Å²) < 4.78 is 0. The third-order valence-electron chi connectivity index (χ3n) is 3.55. The molecule has 0 saturated carbocycles. The average molecular weight is 283 g/mol. The molecule has 2 rings (SSSR count). The molecule has 0 aliphatic heterocycles. The van der Waals surface area contributed by atoms with Crippen LogP contribution in [0.4, 0.5) is 0 Å². The first-order valence-corrected chi connectivity index (χ1v) is 7.30. The minimum atomic E-state index is -0.884. The second kappa shape index (κ2) is 7.60. The van der Waals surface area contributed by atoms with Crippen molar-refractivity contribution < 1.29 is 9.90 Å². The van der Waals surface area contributed by atoms with Crippen LogP contribution in [0.5, 0.6) is 0 Å². The highest BCUT2D eigenvalue weighted by atomic mass is 16.4. The molecule has 0 heterocycles. The minimum Gasteiger partial charge on any atom is -0.478 e. The molecular formula is C18H21NO2. The molecule has 3 nitrogen and oxygen atoms in total.